The first-order valence-corrected chi connectivity index (χ1v) is 9.14. The number of hydrogen-bond donors (Lipinski definition) is 0. The summed E-state index contributed by atoms with van der Waals surface area (Å²) >= 11 is 0. The molecular weight excluding hydrogens is 330 g/mol. The Balaban J connectivity index is 1.77. The van der Waals surface area contributed by atoms with Crippen molar-refractivity contribution >= 4 is 43.6 Å². The normalized spacial score (nSPS) is 11.9. The van der Waals surface area contributed by atoms with E-state index >= 15 is 0 Å². The first-order valence-electron chi connectivity index (χ1n) is 9.14. The second kappa shape index (κ2) is 5.21. The first-order chi connectivity index (χ1) is 13.3. The maximum Gasteiger partial charge on any atom is 0.0541 e. The van der Waals surface area contributed by atoms with Crippen LogP contribution in [-0.2, 0) is 7.05 Å². The van der Waals surface area contributed by atoms with Crippen LogP contribution in [0.5, 0.6) is 0 Å². The van der Waals surface area contributed by atoms with Crippen LogP contribution in [-0.4, -0.2) is 14.1 Å². The van der Waals surface area contributed by atoms with Crippen molar-refractivity contribution in [2.24, 2.45) is 7.05 Å². The molecule has 6 rings (SSSR count). The van der Waals surface area contributed by atoms with Crippen LogP contribution in [0.4, 0.5) is 0 Å². The maximum atomic E-state index is 4.35. The summed E-state index contributed by atoms with van der Waals surface area (Å²) in [5.74, 6) is 0. The summed E-state index contributed by atoms with van der Waals surface area (Å²) in [5, 5.41) is 5.00. The molecule has 0 bridgehead atoms. The predicted octanol–water partition coefficient (Wildman–Crippen LogP) is 5.82. The smallest absolute Gasteiger partial charge is 0.0541 e. The van der Waals surface area contributed by atoms with E-state index in [4.69, 9.17) is 0 Å². The van der Waals surface area contributed by atoms with Crippen LogP contribution in [0.25, 0.3) is 49.3 Å². The van der Waals surface area contributed by atoms with E-state index < -0.39 is 0 Å². The summed E-state index contributed by atoms with van der Waals surface area (Å²) in [6.07, 6.45) is 3.82. The molecule has 0 amide bonds. The minimum absolute atomic E-state index is 1.18. The Hall–Kier alpha value is -3.59. The summed E-state index contributed by atoms with van der Waals surface area (Å²) in [6, 6.07) is 26.0. The van der Waals surface area contributed by atoms with Crippen molar-refractivity contribution in [3.63, 3.8) is 0 Å². The molecule has 0 N–H and O–H groups in total. The Labute approximate surface area is 156 Å². The first kappa shape index (κ1) is 14.6. The van der Waals surface area contributed by atoms with Crippen molar-refractivity contribution in [2.75, 3.05) is 0 Å². The van der Waals surface area contributed by atoms with Crippen LogP contribution in [0.2, 0.25) is 0 Å². The molecule has 0 saturated heterocycles. The molecule has 3 aromatic heterocycles. The number of hydrogen-bond acceptors (Lipinski definition) is 1. The lowest BCUT2D eigenvalue weighted by molar-refractivity contribution is 1.01. The number of aromatic nitrogens is 3. The van der Waals surface area contributed by atoms with Crippen LogP contribution < -0.4 is 0 Å². The van der Waals surface area contributed by atoms with Crippen LogP contribution in [0.1, 0.15) is 0 Å². The molecule has 6 aromatic rings. The Morgan fingerprint density at radius 3 is 2.04 bits per heavy atom. The molecule has 0 aliphatic rings. The van der Waals surface area contributed by atoms with Gasteiger partial charge in [-0.3, -0.25) is 4.98 Å². The molecule has 27 heavy (non-hydrogen) atoms. The molecule has 3 aromatic carbocycles. The van der Waals surface area contributed by atoms with E-state index in [-0.39, 0.29) is 0 Å². The monoisotopic (exact) mass is 347 g/mol. The van der Waals surface area contributed by atoms with Crippen LogP contribution in [0.3, 0.4) is 0 Å². The minimum atomic E-state index is 1.18. The topological polar surface area (TPSA) is 22.8 Å². The highest BCUT2D eigenvalue weighted by molar-refractivity contribution is 6.11. The number of benzene rings is 3. The summed E-state index contributed by atoms with van der Waals surface area (Å²) in [4.78, 5) is 4.35. The fraction of sp³-hybridized carbons (Fsp3) is 0.0417. The van der Waals surface area contributed by atoms with E-state index in [1.807, 2.05) is 12.4 Å². The van der Waals surface area contributed by atoms with Gasteiger partial charge in [0.15, 0.2) is 0 Å². The standard InChI is InChI=1S/C24H17N3/c1-26-21-11-10-16(14-19(21)20-15-25-13-12-22(20)26)27-23-8-4-2-6-17(23)18-7-3-5-9-24(18)27/h2-15H,1H3. The molecule has 3 nitrogen and oxygen atoms in total. The maximum absolute atomic E-state index is 4.35. The van der Waals surface area contributed by atoms with Gasteiger partial charge in [0.2, 0.25) is 0 Å². The zero-order chi connectivity index (χ0) is 18.0. The summed E-state index contributed by atoms with van der Waals surface area (Å²) in [6.45, 7) is 0. The molecule has 0 spiro atoms. The fourth-order valence-corrected chi connectivity index (χ4v) is 4.39. The molecule has 128 valence electrons. The molecule has 0 atom stereocenters. The summed E-state index contributed by atoms with van der Waals surface area (Å²) < 4.78 is 4.60. The van der Waals surface area contributed by atoms with Gasteiger partial charge in [-0.15, -0.1) is 0 Å². The van der Waals surface area contributed by atoms with Gasteiger partial charge < -0.3 is 9.13 Å². The van der Waals surface area contributed by atoms with Gasteiger partial charge in [-0.2, -0.15) is 0 Å². The number of para-hydroxylation sites is 2. The summed E-state index contributed by atoms with van der Waals surface area (Å²) in [7, 11) is 2.12. The van der Waals surface area contributed by atoms with Crippen LogP contribution in [0, 0.1) is 0 Å². The zero-order valence-corrected chi connectivity index (χ0v) is 14.9. The van der Waals surface area contributed by atoms with Gasteiger partial charge in [0.05, 0.1) is 16.6 Å². The summed E-state index contributed by atoms with van der Waals surface area (Å²) in [5.41, 5.74) is 6.07. The highest BCUT2D eigenvalue weighted by atomic mass is 15.0. The van der Waals surface area contributed by atoms with Crippen molar-refractivity contribution in [2.45, 2.75) is 0 Å². The van der Waals surface area contributed by atoms with Crippen molar-refractivity contribution in [1.82, 2.24) is 14.1 Å². The van der Waals surface area contributed by atoms with Gasteiger partial charge in [0.1, 0.15) is 0 Å². The Bertz CT molecular complexity index is 1430. The highest BCUT2D eigenvalue weighted by Gasteiger charge is 2.14. The van der Waals surface area contributed by atoms with Crippen LogP contribution >= 0.6 is 0 Å². The average Bonchev–Trinajstić information content (AvgIpc) is 3.21. The predicted molar refractivity (Wildman–Crippen MR) is 113 cm³/mol. The zero-order valence-electron chi connectivity index (χ0n) is 14.9. The molecule has 3 heteroatoms. The van der Waals surface area contributed by atoms with Crippen molar-refractivity contribution in [3.8, 4) is 5.69 Å². The quantitative estimate of drug-likeness (QED) is 0.367. The molecule has 0 radical (unpaired) electrons. The third-order valence-corrected chi connectivity index (χ3v) is 5.63. The molecule has 0 aliphatic carbocycles. The second-order valence-electron chi connectivity index (χ2n) is 7.02. The third kappa shape index (κ3) is 1.88. The van der Waals surface area contributed by atoms with Gasteiger partial charge in [-0.1, -0.05) is 36.4 Å². The number of rotatable bonds is 1. The molecule has 0 unspecified atom stereocenters. The lowest BCUT2D eigenvalue weighted by Gasteiger charge is -2.08. The van der Waals surface area contributed by atoms with Crippen molar-refractivity contribution in [1.29, 1.82) is 0 Å². The Morgan fingerprint density at radius 2 is 1.30 bits per heavy atom. The average molecular weight is 347 g/mol. The SMILES string of the molecule is Cn1c2ccncc2c2cc(-n3c4ccccc4c4ccccc43)ccc21. The van der Waals surface area contributed by atoms with E-state index in [0.29, 0.717) is 0 Å². The Kier molecular flexibility index (Phi) is 2.81. The molecule has 3 heterocycles. The van der Waals surface area contributed by atoms with E-state index in [2.05, 4.69) is 94.0 Å². The lowest BCUT2D eigenvalue weighted by Crippen LogP contribution is -1.94. The van der Waals surface area contributed by atoms with Gasteiger partial charge in [0, 0.05) is 52.2 Å². The van der Waals surface area contributed by atoms with E-state index in [1.165, 1.54) is 49.3 Å². The van der Waals surface area contributed by atoms with Crippen LogP contribution in [0.15, 0.2) is 85.2 Å². The second-order valence-corrected chi connectivity index (χ2v) is 7.02. The van der Waals surface area contributed by atoms with E-state index in [9.17, 15) is 0 Å². The number of aryl methyl sites for hydroxylation is 1. The molecule has 0 saturated carbocycles. The Morgan fingerprint density at radius 1 is 0.630 bits per heavy atom. The lowest BCUT2D eigenvalue weighted by atomic mass is 10.1. The van der Waals surface area contributed by atoms with Gasteiger partial charge in [0.25, 0.3) is 0 Å². The molecule has 0 fully saturated rings. The highest BCUT2D eigenvalue weighted by Crippen LogP contribution is 2.34. The van der Waals surface area contributed by atoms with E-state index in [1.54, 1.807) is 0 Å². The third-order valence-electron chi connectivity index (χ3n) is 5.63. The number of nitrogens with zero attached hydrogens (tertiary/aromatic N) is 3. The van der Waals surface area contributed by atoms with Gasteiger partial charge in [-0.05, 0) is 36.4 Å². The van der Waals surface area contributed by atoms with Gasteiger partial charge >= 0.3 is 0 Å². The number of pyridine rings is 1. The molecule has 0 aliphatic heterocycles. The number of fused-ring (bicyclic) bond motifs is 6. The minimum Gasteiger partial charge on any atom is -0.344 e. The largest absolute Gasteiger partial charge is 0.344 e. The van der Waals surface area contributed by atoms with E-state index in [0.717, 1.165) is 0 Å². The van der Waals surface area contributed by atoms with Crippen molar-refractivity contribution in [3.05, 3.63) is 85.2 Å². The van der Waals surface area contributed by atoms with Crippen molar-refractivity contribution < 1.29 is 0 Å². The van der Waals surface area contributed by atoms with Gasteiger partial charge in [-0.25, -0.2) is 0 Å². The fourth-order valence-electron chi connectivity index (χ4n) is 4.39. The molecular formula is C24H17N3.